The zero-order chi connectivity index (χ0) is 21.8. The van der Waals surface area contributed by atoms with E-state index in [0.29, 0.717) is 25.2 Å². The Bertz CT molecular complexity index is 1210. The third-order valence-electron chi connectivity index (χ3n) is 5.45. The minimum absolute atomic E-state index is 0.292. The van der Waals surface area contributed by atoms with E-state index in [1.807, 2.05) is 48.5 Å². The molecule has 0 N–H and O–H groups in total. The topological polar surface area (TPSA) is 70.5 Å². The smallest absolute Gasteiger partial charge is 0.289 e. The zero-order valence-electron chi connectivity index (χ0n) is 17.7. The van der Waals surface area contributed by atoms with Crippen molar-refractivity contribution >= 4 is 0 Å². The number of imidazole rings is 1. The summed E-state index contributed by atoms with van der Waals surface area (Å²) in [5, 5.41) is 11.4. The Kier molecular flexibility index (Phi) is 6.06. The summed E-state index contributed by atoms with van der Waals surface area (Å²) in [6.07, 6.45) is 3.91. The third-order valence-corrected chi connectivity index (χ3v) is 5.45. The molecule has 0 unspecified atom stereocenters. The Hall–Kier alpha value is -3.55. The normalized spacial score (nSPS) is 11.2. The predicted octanol–water partition coefficient (Wildman–Crippen LogP) is 3.84. The first-order valence-corrected chi connectivity index (χ1v) is 10.5. The van der Waals surface area contributed by atoms with Gasteiger partial charge in [-0.05, 0) is 47.4 Å². The van der Waals surface area contributed by atoms with Crippen molar-refractivity contribution in [3.8, 4) is 16.8 Å². The maximum absolute atomic E-state index is 14.8. The van der Waals surface area contributed by atoms with Crippen LogP contribution >= 0.6 is 0 Å². The van der Waals surface area contributed by atoms with Gasteiger partial charge < -0.3 is 0 Å². The van der Waals surface area contributed by atoms with E-state index in [0.717, 1.165) is 35.2 Å². The third kappa shape index (κ3) is 4.05. The molecule has 7 nitrogen and oxygen atoms in total. The standard InChI is InChI=1S/C23H25FN6O/c1-3-5-9-21-22(24)28(4-2)23(31)29(21)15-17-11-13-18(14-12-17)19-8-6-7-10-20(19)30-16-25-26-27-30/h6-8,10-14,16H,3-5,9,15H2,1-2H3. The van der Waals surface area contributed by atoms with Gasteiger partial charge in [0.2, 0.25) is 5.95 Å². The minimum Gasteiger partial charge on any atom is -0.289 e. The molecule has 31 heavy (non-hydrogen) atoms. The molecule has 4 rings (SSSR count). The fourth-order valence-corrected chi connectivity index (χ4v) is 3.79. The van der Waals surface area contributed by atoms with Gasteiger partial charge >= 0.3 is 5.69 Å². The van der Waals surface area contributed by atoms with Crippen LogP contribution in [0.2, 0.25) is 0 Å². The molecule has 0 atom stereocenters. The van der Waals surface area contributed by atoms with E-state index in [4.69, 9.17) is 0 Å². The molecule has 0 aliphatic rings. The molecule has 0 aliphatic heterocycles. The summed E-state index contributed by atoms with van der Waals surface area (Å²) >= 11 is 0. The van der Waals surface area contributed by atoms with Gasteiger partial charge in [0.05, 0.1) is 17.9 Å². The summed E-state index contributed by atoms with van der Waals surface area (Å²) in [7, 11) is 0. The van der Waals surface area contributed by atoms with E-state index in [1.54, 1.807) is 22.5 Å². The zero-order valence-corrected chi connectivity index (χ0v) is 17.7. The number of hydrogen-bond donors (Lipinski definition) is 0. The number of para-hydroxylation sites is 1. The molecule has 0 fully saturated rings. The molecule has 4 aromatic rings. The van der Waals surface area contributed by atoms with Gasteiger partial charge in [-0.2, -0.15) is 9.07 Å². The quantitative estimate of drug-likeness (QED) is 0.434. The van der Waals surface area contributed by atoms with Crippen LogP contribution in [0.3, 0.4) is 0 Å². The van der Waals surface area contributed by atoms with Crippen molar-refractivity contribution in [2.45, 2.75) is 46.2 Å². The van der Waals surface area contributed by atoms with Crippen LogP contribution in [-0.2, 0) is 19.5 Å². The summed E-state index contributed by atoms with van der Waals surface area (Å²) in [4.78, 5) is 12.7. The van der Waals surface area contributed by atoms with Crippen LogP contribution in [0.15, 0.2) is 59.7 Å². The average Bonchev–Trinajstić information content (AvgIpc) is 3.41. The molecule has 2 aromatic carbocycles. The van der Waals surface area contributed by atoms with Crippen molar-refractivity contribution in [1.82, 2.24) is 29.3 Å². The van der Waals surface area contributed by atoms with Crippen LogP contribution in [-0.4, -0.2) is 29.3 Å². The summed E-state index contributed by atoms with van der Waals surface area (Å²) in [5.74, 6) is -0.409. The van der Waals surface area contributed by atoms with Crippen molar-refractivity contribution in [3.05, 3.63) is 82.5 Å². The highest BCUT2D eigenvalue weighted by atomic mass is 19.1. The van der Waals surface area contributed by atoms with Crippen LogP contribution in [0, 0.1) is 5.95 Å². The highest BCUT2D eigenvalue weighted by Gasteiger charge is 2.19. The van der Waals surface area contributed by atoms with Gasteiger partial charge in [-0.25, -0.2) is 4.79 Å². The first-order valence-electron chi connectivity index (χ1n) is 10.5. The number of halogens is 1. The molecule has 0 spiro atoms. The first-order chi connectivity index (χ1) is 15.1. The average molecular weight is 420 g/mol. The molecule has 2 heterocycles. The largest absolute Gasteiger partial charge is 0.330 e. The Balaban J connectivity index is 1.65. The maximum Gasteiger partial charge on any atom is 0.330 e. The summed E-state index contributed by atoms with van der Waals surface area (Å²) < 4.78 is 19.2. The van der Waals surface area contributed by atoms with E-state index in [-0.39, 0.29) is 5.69 Å². The van der Waals surface area contributed by atoms with E-state index >= 15 is 0 Å². The second kappa shape index (κ2) is 9.07. The SMILES string of the molecule is CCCCc1c(F)n(CC)c(=O)n1Cc1ccc(-c2ccccc2-n2cnnn2)cc1. The van der Waals surface area contributed by atoms with Gasteiger partial charge in [0, 0.05) is 12.1 Å². The van der Waals surface area contributed by atoms with Gasteiger partial charge in [0.25, 0.3) is 0 Å². The Morgan fingerprint density at radius 3 is 2.45 bits per heavy atom. The molecular weight excluding hydrogens is 395 g/mol. The van der Waals surface area contributed by atoms with Crippen LogP contribution in [0.1, 0.15) is 37.9 Å². The van der Waals surface area contributed by atoms with Crippen molar-refractivity contribution in [2.24, 2.45) is 0 Å². The maximum atomic E-state index is 14.8. The van der Waals surface area contributed by atoms with E-state index in [2.05, 4.69) is 22.4 Å². The lowest BCUT2D eigenvalue weighted by Gasteiger charge is -2.11. The molecule has 8 heteroatoms. The van der Waals surface area contributed by atoms with Gasteiger partial charge in [-0.3, -0.25) is 9.13 Å². The molecule has 0 saturated heterocycles. The number of unbranched alkanes of at least 4 members (excludes halogenated alkanes) is 1. The summed E-state index contributed by atoms with van der Waals surface area (Å²) in [5.41, 5.74) is 4.01. The molecule has 2 aromatic heterocycles. The molecule has 0 saturated carbocycles. The van der Waals surface area contributed by atoms with Crippen molar-refractivity contribution < 1.29 is 4.39 Å². The van der Waals surface area contributed by atoms with Crippen LogP contribution in [0.4, 0.5) is 4.39 Å². The fourth-order valence-electron chi connectivity index (χ4n) is 3.79. The predicted molar refractivity (Wildman–Crippen MR) is 117 cm³/mol. The second-order valence-corrected chi connectivity index (χ2v) is 7.42. The number of nitrogens with zero attached hydrogens (tertiary/aromatic N) is 6. The van der Waals surface area contributed by atoms with E-state index in [1.165, 1.54) is 4.57 Å². The number of tetrazole rings is 1. The minimum atomic E-state index is -0.409. The Morgan fingerprint density at radius 2 is 1.77 bits per heavy atom. The van der Waals surface area contributed by atoms with Gasteiger partial charge in [-0.1, -0.05) is 55.8 Å². The number of benzene rings is 2. The van der Waals surface area contributed by atoms with Gasteiger partial charge in [0.15, 0.2) is 0 Å². The lowest BCUT2D eigenvalue weighted by molar-refractivity contribution is 0.489. The molecule has 0 radical (unpaired) electrons. The fraction of sp³-hybridized carbons (Fsp3) is 0.304. The van der Waals surface area contributed by atoms with Crippen molar-refractivity contribution in [1.29, 1.82) is 0 Å². The van der Waals surface area contributed by atoms with Crippen molar-refractivity contribution in [2.75, 3.05) is 0 Å². The number of aromatic nitrogens is 6. The van der Waals surface area contributed by atoms with Gasteiger partial charge in [0.1, 0.15) is 6.33 Å². The lowest BCUT2D eigenvalue weighted by Crippen LogP contribution is -2.25. The first kappa shape index (κ1) is 20.7. The molecule has 0 aliphatic carbocycles. The Labute approximate surface area is 179 Å². The molecular formula is C23H25FN6O. The number of rotatable bonds is 8. The highest BCUT2D eigenvalue weighted by Crippen LogP contribution is 2.26. The van der Waals surface area contributed by atoms with E-state index < -0.39 is 5.95 Å². The summed E-state index contributed by atoms with van der Waals surface area (Å²) in [6.45, 7) is 4.51. The highest BCUT2D eigenvalue weighted by molar-refractivity contribution is 5.72. The number of hydrogen-bond acceptors (Lipinski definition) is 4. The molecule has 0 amide bonds. The molecule has 0 bridgehead atoms. The van der Waals surface area contributed by atoms with Gasteiger partial charge in [-0.15, -0.1) is 5.10 Å². The summed E-state index contributed by atoms with van der Waals surface area (Å²) in [6, 6.07) is 15.8. The second-order valence-electron chi connectivity index (χ2n) is 7.42. The van der Waals surface area contributed by atoms with E-state index in [9.17, 15) is 9.18 Å². The molecule has 160 valence electrons. The Morgan fingerprint density at radius 1 is 1.00 bits per heavy atom. The van der Waals surface area contributed by atoms with Crippen molar-refractivity contribution in [3.63, 3.8) is 0 Å². The van der Waals surface area contributed by atoms with Crippen LogP contribution in [0.25, 0.3) is 16.8 Å². The monoisotopic (exact) mass is 420 g/mol. The lowest BCUT2D eigenvalue weighted by atomic mass is 10.0. The van der Waals surface area contributed by atoms with Crippen LogP contribution < -0.4 is 5.69 Å². The van der Waals surface area contributed by atoms with Crippen LogP contribution in [0.5, 0.6) is 0 Å².